The molecule has 12 nitrogen and oxygen atoms in total. The Labute approximate surface area is 234 Å². The Hall–Kier alpha value is -2.91. The van der Waals surface area contributed by atoms with E-state index in [2.05, 4.69) is 0 Å². The summed E-state index contributed by atoms with van der Waals surface area (Å²) in [5, 5.41) is 37.5. The molecule has 0 aliphatic carbocycles. The number of carboxylic acid groups (broad SMARTS) is 4. The van der Waals surface area contributed by atoms with Crippen molar-refractivity contribution in [3.05, 3.63) is 0 Å². The topological polar surface area (TPSA) is 226 Å². The molecule has 0 radical (unpaired) electrons. The van der Waals surface area contributed by atoms with Crippen LogP contribution in [0, 0.1) is 5.92 Å². The second-order valence-electron chi connectivity index (χ2n) is 8.22. The van der Waals surface area contributed by atoms with E-state index in [-0.39, 0.29) is 52.8 Å². The Bertz CT molecular complexity index is 673. The summed E-state index contributed by atoms with van der Waals surface area (Å²) in [7, 11) is 0. The predicted molar refractivity (Wildman–Crippen MR) is 131 cm³/mol. The van der Waals surface area contributed by atoms with Crippen molar-refractivity contribution >= 4 is 64.4 Å². The molecule has 38 heavy (non-hydrogen) atoms. The molecular weight excluding hydrogens is 519 g/mol. The average Bonchev–Trinajstić information content (AvgIpc) is 2.67. The van der Waals surface area contributed by atoms with Crippen molar-refractivity contribution in [2.45, 2.75) is 105 Å². The van der Waals surface area contributed by atoms with Gasteiger partial charge in [-0.3, -0.25) is 24.0 Å². The van der Waals surface area contributed by atoms with Crippen LogP contribution in [0.15, 0.2) is 0 Å². The maximum Gasteiger partial charge on any atom is 3.00 e. The van der Waals surface area contributed by atoms with Crippen LogP contribution in [0.1, 0.15) is 105 Å². The molecule has 0 aliphatic heterocycles. The molecule has 13 heteroatoms. The van der Waals surface area contributed by atoms with Gasteiger partial charge in [0, 0.05) is 62.9 Å². The molecule has 0 aromatic carbocycles. The molecule has 0 heterocycles. The zero-order valence-electron chi connectivity index (χ0n) is 22.9. The second kappa shape index (κ2) is 30.3. The largest absolute Gasteiger partial charge is 3.00 e. The van der Waals surface area contributed by atoms with Crippen LogP contribution in [0.3, 0.4) is 0 Å². The van der Waals surface area contributed by atoms with Crippen molar-refractivity contribution in [3.63, 3.8) is 0 Å². The SMILES string of the molecule is CC(C)CC(=O)CC(=O)[O-].CCCC(=O)CC(=O)O.CCCC(=O)CC(=O)[O-].CCCC(=O)CC(=O)[O-].[Al+3]. The van der Waals surface area contributed by atoms with E-state index >= 15 is 0 Å². The molecule has 0 aliphatic rings. The van der Waals surface area contributed by atoms with Gasteiger partial charge in [0.15, 0.2) is 0 Å². The Morgan fingerprint density at radius 2 is 0.816 bits per heavy atom. The zero-order valence-corrected chi connectivity index (χ0v) is 24.0. The van der Waals surface area contributed by atoms with Gasteiger partial charge in [0.1, 0.15) is 29.6 Å². The zero-order chi connectivity index (χ0) is 30.0. The molecule has 0 saturated heterocycles. The normalized spacial score (nSPS) is 9.00. The van der Waals surface area contributed by atoms with Crippen molar-refractivity contribution in [1.82, 2.24) is 0 Å². The summed E-state index contributed by atoms with van der Waals surface area (Å²) in [6.45, 7) is 9.24. The van der Waals surface area contributed by atoms with Crippen molar-refractivity contribution in [2.24, 2.45) is 5.92 Å². The first kappa shape index (κ1) is 45.0. The summed E-state index contributed by atoms with van der Waals surface area (Å²) in [4.78, 5) is 81.2. The number of carboxylic acids is 4. The monoisotopic (exact) mass is 558 g/mol. The van der Waals surface area contributed by atoms with Crippen LogP contribution >= 0.6 is 0 Å². The van der Waals surface area contributed by atoms with Gasteiger partial charge in [0.05, 0.1) is 0 Å². The molecule has 0 aromatic heterocycles. The van der Waals surface area contributed by atoms with Gasteiger partial charge in [0.2, 0.25) is 0 Å². The summed E-state index contributed by atoms with van der Waals surface area (Å²) in [5.41, 5.74) is 0. The van der Waals surface area contributed by atoms with E-state index in [0.29, 0.717) is 38.5 Å². The Kier molecular flexibility index (Phi) is 35.9. The number of hydrogen-bond acceptors (Lipinski definition) is 11. The smallest absolute Gasteiger partial charge is 0.550 e. The van der Waals surface area contributed by atoms with E-state index in [0.717, 1.165) is 6.42 Å². The Morgan fingerprint density at radius 3 is 1.03 bits per heavy atom. The third kappa shape index (κ3) is 50.1. The Balaban J connectivity index is -0.000000126. The van der Waals surface area contributed by atoms with Gasteiger partial charge in [0.25, 0.3) is 0 Å². The van der Waals surface area contributed by atoms with Gasteiger partial charge in [-0.2, -0.15) is 0 Å². The first-order valence-corrected chi connectivity index (χ1v) is 11.9. The average molecular weight is 559 g/mol. The van der Waals surface area contributed by atoms with Crippen LogP contribution in [0.25, 0.3) is 0 Å². The summed E-state index contributed by atoms with van der Waals surface area (Å²) in [6.07, 6.45) is 1.88. The molecule has 0 aromatic rings. The van der Waals surface area contributed by atoms with E-state index in [9.17, 15) is 53.7 Å². The molecule has 0 bridgehead atoms. The van der Waals surface area contributed by atoms with E-state index in [1.807, 2.05) is 34.6 Å². The quantitative estimate of drug-likeness (QED) is 0.181. The molecular formula is C25H39AlO12. The molecule has 0 unspecified atom stereocenters. The summed E-state index contributed by atoms with van der Waals surface area (Å²) in [5.74, 6) is -5.61. The molecule has 0 spiro atoms. The van der Waals surface area contributed by atoms with Crippen molar-refractivity contribution in [2.75, 3.05) is 0 Å². The summed E-state index contributed by atoms with van der Waals surface area (Å²) >= 11 is 0. The number of aliphatic carboxylic acids is 4. The number of carbonyl (C=O) groups excluding carboxylic acids is 7. The summed E-state index contributed by atoms with van der Waals surface area (Å²) < 4.78 is 0. The Morgan fingerprint density at radius 1 is 0.553 bits per heavy atom. The van der Waals surface area contributed by atoms with E-state index < -0.39 is 43.1 Å². The number of hydrogen-bond donors (Lipinski definition) is 1. The molecule has 0 fully saturated rings. The van der Waals surface area contributed by atoms with Crippen molar-refractivity contribution in [3.8, 4) is 0 Å². The molecule has 0 amide bonds. The maximum atomic E-state index is 10.6. The first-order valence-electron chi connectivity index (χ1n) is 11.9. The van der Waals surface area contributed by atoms with Crippen LogP contribution < -0.4 is 15.3 Å². The van der Waals surface area contributed by atoms with Gasteiger partial charge < -0.3 is 34.8 Å². The minimum Gasteiger partial charge on any atom is -0.550 e. The van der Waals surface area contributed by atoms with Crippen molar-refractivity contribution < 1.29 is 58.8 Å². The van der Waals surface area contributed by atoms with Crippen molar-refractivity contribution in [1.29, 1.82) is 0 Å². The van der Waals surface area contributed by atoms with Crippen LogP contribution in [0.4, 0.5) is 0 Å². The van der Waals surface area contributed by atoms with E-state index in [1.165, 1.54) is 0 Å². The van der Waals surface area contributed by atoms with Crippen LogP contribution in [-0.4, -0.2) is 69.5 Å². The molecule has 0 saturated carbocycles. The van der Waals surface area contributed by atoms with E-state index in [1.54, 1.807) is 0 Å². The predicted octanol–water partition coefficient (Wildman–Crippen LogP) is -0.818. The maximum absolute atomic E-state index is 10.6. The molecule has 214 valence electrons. The van der Waals surface area contributed by atoms with E-state index in [4.69, 9.17) is 5.11 Å². The van der Waals surface area contributed by atoms with Gasteiger partial charge in [-0.05, 0) is 25.2 Å². The third-order valence-corrected chi connectivity index (χ3v) is 3.60. The van der Waals surface area contributed by atoms with Crippen LogP contribution in [-0.2, 0) is 38.4 Å². The second-order valence-corrected chi connectivity index (χ2v) is 8.22. The third-order valence-electron chi connectivity index (χ3n) is 3.60. The fourth-order valence-corrected chi connectivity index (χ4v) is 2.28. The number of rotatable bonds is 16. The standard InChI is InChI=1S/C7H12O3.3C6H10O3.Al/c1-5(2)3-6(8)4-7(9)10;3*1-2-3-5(7)4-6(8)9;/h5H,3-4H2,1-2H3,(H,9,10);3*2-4H2,1H3,(H,8,9);/q;;;;+3/p-3. The minimum atomic E-state index is -1.29. The van der Waals surface area contributed by atoms with Gasteiger partial charge in [-0.25, -0.2) is 0 Å². The van der Waals surface area contributed by atoms with Gasteiger partial charge in [-0.15, -0.1) is 0 Å². The molecule has 0 rings (SSSR count). The number of Topliss-reactive ketones (excluding diaryl/α,β-unsaturated/α-hetero) is 4. The van der Waals surface area contributed by atoms with Crippen LogP contribution in [0.5, 0.6) is 0 Å². The molecule has 1 N–H and O–H groups in total. The first-order chi connectivity index (χ1) is 17.0. The van der Waals surface area contributed by atoms with Gasteiger partial charge >= 0.3 is 23.3 Å². The molecule has 0 atom stereocenters. The van der Waals surface area contributed by atoms with Crippen LogP contribution in [0.2, 0.25) is 0 Å². The summed E-state index contributed by atoms with van der Waals surface area (Å²) in [6, 6.07) is 0. The number of ketones is 4. The fourth-order valence-electron chi connectivity index (χ4n) is 2.28. The van der Waals surface area contributed by atoms with Gasteiger partial charge in [-0.1, -0.05) is 34.6 Å². The minimum absolute atomic E-state index is 0. The fraction of sp³-hybridized carbons (Fsp3) is 0.680. The number of carbonyl (C=O) groups is 8.